The smallest absolute Gasteiger partial charge is 0.272 e. The molecule has 11 heteroatoms. The van der Waals surface area contributed by atoms with Crippen LogP contribution in [-0.2, 0) is 23.6 Å². The minimum absolute atomic E-state index is 0.0589. The standard InChI is InChI=1S/C15H22N6O4S/c1-19(15(22)12-8-16-10-20(12)2)9-13-17-14(18-25-13)11-4-6-21(7-5-11)26(3,23)24/h8,10-11H,4-7,9H2,1-3H3. The van der Waals surface area contributed by atoms with Crippen LogP contribution in [0.2, 0.25) is 0 Å². The van der Waals surface area contributed by atoms with Crippen LogP contribution in [0, 0.1) is 0 Å². The summed E-state index contributed by atoms with van der Waals surface area (Å²) in [4.78, 5) is 22.2. The highest BCUT2D eigenvalue weighted by Gasteiger charge is 2.29. The number of imidazole rings is 1. The fraction of sp³-hybridized carbons (Fsp3) is 0.600. The summed E-state index contributed by atoms with van der Waals surface area (Å²) in [6.07, 6.45) is 5.59. The Balaban J connectivity index is 1.60. The van der Waals surface area contributed by atoms with Gasteiger partial charge in [-0.05, 0) is 12.8 Å². The van der Waals surface area contributed by atoms with Crippen LogP contribution in [0.3, 0.4) is 0 Å². The first kappa shape index (κ1) is 18.5. The highest BCUT2D eigenvalue weighted by molar-refractivity contribution is 7.88. The highest BCUT2D eigenvalue weighted by atomic mass is 32.2. The Labute approximate surface area is 151 Å². The van der Waals surface area contributed by atoms with Gasteiger partial charge in [0.05, 0.1) is 18.8 Å². The van der Waals surface area contributed by atoms with Crippen LogP contribution in [0.25, 0.3) is 0 Å². The molecule has 0 N–H and O–H groups in total. The maximum absolute atomic E-state index is 12.4. The van der Waals surface area contributed by atoms with E-state index in [4.69, 9.17) is 4.52 Å². The van der Waals surface area contributed by atoms with Crippen LogP contribution < -0.4 is 0 Å². The van der Waals surface area contributed by atoms with Gasteiger partial charge in [-0.2, -0.15) is 4.98 Å². The summed E-state index contributed by atoms with van der Waals surface area (Å²) in [6, 6.07) is 0. The van der Waals surface area contributed by atoms with Gasteiger partial charge in [0.1, 0.15) is 12.2 Å². The van der Waals surface area contributed by atoms with Gasteiger partial charge in [0.2, 0.25) is 15.9 Å². The number of carbonyl (C=O) groups is 1. The minimum Gasteiger partial charge on any atom is -0.337 e. The number of rotatable bonds is 5. The van der Waals surface area contributed by atoms with E-state index in [2.05, 4.69) is 15.1 Å². The second-order valence-electron chi connectivity index (χ2n) is 6.53. The second kappa shape index (κ2) is 7.16. The molecule has 1 aliphatic heterocycles. The van der Waals surface area contributed by atoms with Crippen LogP contribution in [0.15, 0.2) is 17.0 Å². The first-order chi connectivity index (χ1) is 12.3. The molecule has 0 unspecified atom stereocenters. The summed E-state index contributed by atoms with van der Waals surface area (Å²) in [5.41, 5.74) is 0.473. The quantitative estimate of drug-likeness (QED) is 0.726. The molecule has 0 aromatic carbocycles. The second-order valence-corrected chi connectivity index (χ2v) is 8.52. The van der Waals surface area contributed by atoms with E-state index >= 15 is 0 Å². The molecular formula is C15H22N6O4S. The van der Waals surface area contributed by atoms with Gasteiger partial charge in [0, 0.05) is 33.1 Å². The average Bonchev–Trinajstić information content (AvgIpc) is 3.22. The monoisotopic (exact) mass is 382 g/mol. The Bertz CT molecular complexity index is 882. The summed E-state index contributed by atoms with van der Waals surface area (Å²) >= 11 is 0. The largest absolute Gasteiger partial charge is 0.337 e. The third-order valence-corrected chi connectivity index (χ3v) is 5.83. The molecular weight excluding hydrogens is 360 g/mol. The third kappa shape index (κ3) is 3.93. The van der Waals surface area contributed by atoms with E-state index < -0.39 is 10.0 Å². The van der Waals surface area contributed by atoms with Crippen molar-refractivity contribution in [3.05, 3.63) is 29.9 Å². The fourth-order valence-corrected chi connectivity index (χ4v) is 3.85. The topological polar surface area (TPSA) is 114 Å². The van der Waals surface area contributed by atoms with E-state index in [1.165, 1.54) is 21.7 Å². The van der Waals surface area contributed by atoms with Crippen LogP contribution in [0.1, 0.15) is 41.0 Å². The summed E-state index contributed by atoms with van der Waals surface area (Å²) in [7, 11) is 0.249. The van der Waals surface area contributed by atoms with Gasteiger partial charge >= 0.3 is 0 Å². The van der Waals surface area contributed by atoms with Crippen molar-refractivity contribution in [1.82, 2.24) is 28.9 Å². The molecule has 142 valence electrons. The van der Waals surface area contributed by atoms with Gasteiger partial charge in [-0.25, -0.2) is 17.7 Å². The number of aromatic nitrogens is 4. The lowest BCUT2D eigenvalue weighted by Crippen LogP contribution is -2.37. The summed E-state index contributed by atoms with van der Waals surface area (Å²) < 4.78 is 31.5. The van der Waals surface area contributed by atoms with E-state index in [-0.39, 0.29) is 18.4 Å². The molecule has 0 saturated carbocycles. The number of hydrogen-bond donors (Lipinski definition) is 0. The van der Waals surface area contributed by atoms with Gasteiger partial charge in [0.15, 0.2) is 5.82 Å². The molecule has 1 fully saturated rings. The Kier molecular flexibility index (Phi) is 5.10. The lowest BCUT2D eigenvalue weighted by molar-refractivity contribution is 0.0760. The molecule has 2 aromatic rings. The SMILES string of the molecule is CN(Cc1nc(C2CCN(S(C)(=O)=O)CC2)no1)C(=O)c1cncn1C. The molecule has 0 aliphatic carbocycles. The van der Waals surface area contributed by atoms with Crippen LogP contribution in [-0.4, -0.2) is 69.6 Å². The van der Waals surface area contributed by atoms with Crippen molar-refractivity contribution >= 4 is 15.9 Å². The van der Waals surface area contributed by atoms with Crippen molar-refractivity contribution in [2.24, 2.45) is 7.05 Å². The van der Waals surface area contributed by atoms with E-state index in [1.54, 1.807) is 25.0 Å². The maximum Gasteiger partial charge on any atom is 0.272 e. The number of nitrogens with zero attached hydrogens (tertiary/aromatic N) is 6. The Morgan fingerprint density at radius 1 is 1.38 bits per heavy atom. The van der Waals surface area contributed by atoms with Crippen molar-refractivity contribution in [2.45, 2.75) is 25.3 Å². The highest BCUT2D eigenvalue weighted by Crippen LogP contribution is 2.27. The number of hydrogen-bond acceptors (Lipinski definition) is 7. The van der Waals surface area contributed by atoms with Gasteiger partial charge < -0.3 is 14.0 Å². The minimum atomic E-state index is -3.16. The molecule has 1 saturated heterocycles. The van der Waals surface area contributed by atoms with Crippen molar-refractivity contribution in [3.8, 4) is 0 Å². The fourth-order valence-electron chi connectivity index (χ4n) is 2.98. The zero-order valence-electron chi connectivity index (χ0n) is 15.0. The van der Waals surface area contributed by atoms with E-state index in [0.29, 0.717) is 43.3 Å². The van der Waals surface area contributed by atoms with Gasteiger partial charge in [-0.15, -0.1) is 0 Å². The van der Waals surface area contributed by atoms with Crippen molar-refractivity contribution in [1.29, 1.82) is 0 Å². The molecule has 0 atom stereocenters. The molecule has 0 bridgehead atoms. The predicted octanol–water partition coefficient (Wildman–Crippen LogP) is 0.214. The van der Waals surface area contributed by atoms with E-state index in [1.807, 2.05) is 0 Å². The van der Waals surface area contributed by atoms with Crippen LogP contribution >= 0.6 is 0 Å². The van der Waals surface area contributed by atoms with Crippen molar-refractivity contribution in [3.63, 3.8) is 0 Å². The Morgan fingerprint density at radius 2 is 2.08 bits per heavy atom. The predicted molar refractivity (Wildman–Crippen MR) is 91.7 cm³/mol. The molecule has 10 nitrogen and oxygen atoms in total. The molecule has 0 spiro atoms. The summed E-state index contributed by atoms with van der Waals surface area (Å²) in [5.74, 6) is 0.785. The van der Waals surface area contributed by atoms with E-state index in [0.717, 1.165) is 0 Å². The van der Waals surface area contributed by atoms with E-state index in [9.17, 15) is 13.2 Å². The van der Waals surface area contributed by atoms with Crippen LogP contribution in [0.4, 0.5) is 0 Å². The Hall–Kier alpha value is -2.27. The third-order valence-electron chi connectivity index (χ3n) is 4.53. The first-order valence-corrected chi connectivity index (χ1v) is 10.1. The number of aryl methyl sites for hydroxylation is 1. The zero-order chi connectivity index (χ0) is 18.9. The van der Waals surface area contributed by atoms with Crippen molar-refractivity contribution in [2.75, 3.05) is 26.4 Å². The number of carbonyl (C=O) groups excluding carboxylic acids is 1. The zero-order valence-corrected chi connectivity index (χ0v) is 15.8. The normalized spacial score (nSPS) is 16.7. The molecule has 3 heterocycles. The van der Waals surface area contributed by atoms with Gasteiger partial charge in [-0.1, -0.05) is 5.16 Å². The van der Waals surface area contributed by atoms with Gasteiger partial charge in [-0.3, -0.25) is 4.79 Å². The number of piperidine rings is 1. The first-order valence-electron chi connectivity index (χ1n) is 8.25. The number of sulfonamides is 1. The van der Waals surface area contributed by atoms with Gasteiger partial charge in [0.25, 0.3) is 5.91 Å². The molecule has 2 aromatic heterocycles. The molecule has 0 radical (unpaired) electrons. The molecule has 3 rings (SSSR count). The van der Waals surface area contributed by atoms with Crippen molar-refractivity contribution < 1.29 is 17.7 Å². The lowest BCUT2D eigenvalue weighted by Gasteiger charge is -2.28. The lowest BCUT2D eigenvalue weighted by atomic mass is 9.98. The van der Waals surface area contributed by atoms with Crippen LogP contribution in [0.5, 0.6) is 0 Å². The maximum atomic E-state index is 12.4. The molecule has 1 aliphatic rings. The average molecular weight is 382 g/mol. The molecule has 26 heavy (non-hydrogen) atoms. The summed E-state index contributed by atoms with van der Waals surface area (Å²) in [5, 5.41) is 4.01. The molecule has 1 amide bonds. The number of amides is 1. The summed E-state index contributed by atoms with van der Waals surface area (Å²) in [6.45, 7) is 1.09. The Morgan fingerprint density at radius 3 is 2.65 bits per heavy atom.